The first kappa shape index (κ1) is 26.4. The molecular weight excluding hydrogens is 463 g/mol. The third-order valence-corrected chi connectivity index (χ3v) is 6.29. The van der Waals surface area contributed by atoms with Crippen molar-refractivity contribution in [2.45, 2.75) is 50.1 Å². The first-order valence-electron chi connectivity index (χ1n) is 12.0. The lowest BCUT2D eigenvalue weighted by Gasteiger charge is -2.48. The monoisotopic (exact) mass is 496 g/mol. The summed E-state index contributed by atoms with van der Waals surface area (Å²) in [5.41, 5.74) is 0.445. The Morgan fingerprint density at radius 1 is 0.778 bits per heavy atom. The molecule has 1 saturated heterocycles. The van der Waals surface area contributed by atoms with E-state index >= 15 is 4.39 Å². The van der Waals surface area contributed by atoms with E-state index in [9.17, 15) is 5.11 Å². The molecular formula is C29H33FO6. The normalized spacial score (nSPS) is 26.1. The lowest BCUT2D eigenvalue weighted by atomic mass is 9.86. The van der Waals surface area contributed by atoms with Crippen LogP contribution >= 0.6 is 0 Å². The van der Waals surface area contributed by atoms with Crippen LogP contribution in [0.3, 0.4) is 0 Å². The van der Waals surface area contributed by atoms with Crippen molar-refractivity contribution >= 4 is 0 Å². The number of aliphatic hydroxyl groups excluding tert-OH is 1. The highest BCUT2D eigenvalue weighted by Gasteiger charge is 2.58. The second-order valence-electron chi connectivity index (χ2n) is 8.79. The second kappa shape index (κ2) is 13.1. The van der Waals surface area contributed by atoms with Crippen molar-refractivity contribution < 1.29 is 33.2 Å². The topological polar surface area (TPSA) is 66.4 Å². The van der Waals surface area contributed by atoms with Crippen LogP contribution in [0.25, 0.3) is 0 Å². The van der Waals surface area contributed by atoms with Gasteiger partial charge in [-0.15, -0.1) is 0 Å². The molecule has 1 heterocycles. The van der Waals surface area contributed by atoms with Crippen LogP contribution in [-0.4, -0.2) is 55.7 Å². The summed E-state index contributed by atoms with van der Waals surface area (Å²) in [6.07, 6.45) is -4.15. The molecule has 1 N–H and O–H groups in total. The van der Waals surface area contributed by atoms with Crippen LogP contribution in [0.4, 0.5) is 4.39 Å². The zero-order valence-corrected chi connectivity index (χ0v) is 20.4. The number of aliphatic hydroxyl groups is 1. The number of rotatable bonds is 12. The fraction of sp³-hybridized carbons (Fsp3) is 0.379. The minimum Gasteiger partial charge on any atom is -0.393 e. The van der Waals surface area contributed by atoms with Gasteiger partial charge in [0.05, 0.1) is 33.0 Å². The SMILES string of the molecule is CO[C@H]1O[C@H](COCc2ccccc2)[C@](F)(CO)[C@H](OCc2ccccc2)[C@H]1OCc1ccccc1. The molecule has 0 bridgehead atoms. The Kier molecular flexibility index (Phi) is 9.58. The minimum absolute atomic E-state index is 0.0948. The zero-order chi connectivity index (χ0) is 25.2. The predicted molar refractivity (Wildman–Crippen MR) is 133 cm³/mol. The van der Waals surface area contributed by atoms with Gasteiger partial charge in [-0.3, -0.25) is 0 Å². The molecule has 0 radical (unpaired) electrons. The van der Waals surface area contributed by atoms with Gasteiger partial charge in [0.2, 0.25) is 0 Å². The average Bonchev–Trinajstić information content (AvgIpc) is 2.94. The molecule has 5 atom stereocenters. The minimum atomic E-state index is -2.29. The Labute approximate surface area is 211 Å². The van der Waals surface area contributed by atoms with E-state index in [-0.39, 0.29) is 26.4 Å². The van der Waals surface area contributed by atoms with Gasteiger partial charge in [-0.05, 0) is 16.7 Å². The summed E-state index contributed by atoms with van der Waals surface area (Å²) in [5.74, 6) is 0. The molecule has 0 amide bonds. The maximum Gasteiger partial charge on any atom is 0.190 e. The molecule has 36 heavy (non-hydrogen) atoms. The quantitative estimate of drug-likeness (QED) is 0.400. The van der Waals surface area contributed by atoms with Crippen LogP contribution in [0.1, 0.15) is 16.7 Å². The summed E-state index contributed by atoms with van der Waals surface area (Å²) in [5, 5.41) is 10.3. The van der Waals surface area contributed by atoms with Crippen molar-refractivity contribution in [2.24, 2.45) is 0 Å². The number of hydrogen-bond acceptors (Lipinski definition) is 6. The van der Waals surface area contributed by atoms with Crippen molar-refractivity contribution in [3.05, 3.63) is 108 Å². The fourth-order valence-electron chi connectivity index (χ4n) is 4.30. The van der Waals surface area contributed by atoms with Gasteiger partial charge in [0.25, 0.3) is 0 Å². The molecule has 192 valence electrons. The summed E-state index contributed by atoms with van der Waals surface area (Å²) in [4.78, 5) is 0. The van der Waals surface area contributed by atoms with Crippen molar-refractivity contribution in [3.63, 3.8) is 0 Å². The van der Waals surface area contributed by atoms with E-state index < -0.39 is 36.9 Å². The van der Waals surface area contributed by atoms with Crippen LogP contribution in [0.15, 0.2) is 91.0 Å². The van der Waals surface area contributed by atoms with Crippen molar-refractivity contribution in [1.29, 1.82) is 0 Å². The first-order chi connectivity index (χ1) is 17.6. The van der Waals surface area contributed by atoms with Gasteiger partial charge in [0, 0.05) is 7.11 Å². The third-order valence-electron chi connectivity index (χ3n) is 6.29. The summed E-state index contributed by atoms with van der Waals surface area (Å²) < 4.78 is 46.2. The van der Waals surface area contributed by atoms with E-state index in [1.807, 2.05) is 91.0 Å². The number of halogens is 1. The molecule has 6 nitrogen and oxygen atoms in total. The Bertz CT molecular complexity index is 1020. The maximum atomic E-state index is 16.6. The van der Waals surface area contributed by atoms with E-state index in [2.05, 4.69) is 0 Å². The van der Waals surface area contributed by atoms with Crippen molar-refractivity contribution in [2.75, 3.05) is 20.3 Å². The Balaban J connectivity index is 1.53. The molecule has 0 aromatic heterocycles. The van der Waals surface area contributed by atoms with Crippen LogP contribution < -0.4 is 0 Å². The average molecular weight is 497 g/mol. The van der Waals surface area contributed by atoms with Crippen LogP contribution in [0.5, 0.6) is 0 Å². The van der Waals surface area contributed by atoms with Crippen LogP contribution in [-0.2, 0) is 43.5 Å². The number of benzene rings is 3. The fourth-order valence-corrected chi connectivity index (χ4v) is 4.30. The summed E-state index contributed by atoms with van der Waals surface area (Å²) in [7, 11) is 1.48. The van der Waals surface area contributed by atoms with Crippen LogP contribution in [0.2, 0.25) is 0 Å². The molecule has 3 aromatic rings. The molecule has 7 heteroatoms. The first-order valence-corrected chi connectivity index (χ1v) is 12.0. The molecule has 1 aliphatic rings. The van der Waals surface area contributed by atoms with Gasteiger partial charge in [0.1, 0.15) is 18.3 Å². The Morgan fingerprint density at radius 2 is 1.28 bits per heavy atom. The maximum absolute atomic E-state index is 16.6. The van der Waals surface area contributed by atoms with E-state index in [1.54, 1.807) is 0 Å². The number of methoxy groups -OCH3 is 1. The largest absolute Gasteiger partial charge is 0.393 e. The van der Waals surface area contributed by atoms with Gasteiger partial charge >= 0.3 is 0 Å². The summed E-state index contributed by atoms with van der Waals surface area (Å²) >= 11 is 0. The van der Waals surface area contributed by atoms with E-state index in [1.165, 1.54) is 7.11 Å². The number of hydrogen-bond donors (Lipinski definition) is 1. The highest BCUT2D eigenvalue weighted by molar-refractivity contribution is 5.16. The smallest absolute Gasteiger partial charge is 0.190 e. The zero-order valence-electron chi connectivity index (χ0n) is 20.4. The summed E-state index contributed by atoms with van der Waals surface area (Å²) in [6.45, 7) is -0.299. The van der Waals surface area contributed by atoms with Gasteiger partial charge in [-0.1, -0.05) is 91.0 Å². The second-order valence-corrected chi connectivity index (χ2v) is 8.79. The molecule has 3 aromatic carbocycles. The standard InChI is InChI=1S/C29H33FO6/c1-32-28-26(34-18-23-13-7-3-8-14-23)27(35-19-24-15-9-4-10-16-24)29(30,21-31)25(36-28)20-33-17-22-11-5-2-6-12-22/h2-16,25-28,31H,17-21H2,1H3/t25-,26-,27-,28+,29-/m1/s1. The molecule has 1 aliphatic heterocycles. The van der Waals surface area contributed by atoms with Gasteiger partial charge in [0.15, 0.2) is 12.0 Å². The molecule has 0 spiro atoms. The molecule has 1 fully saturated rings. The van der Waals surface area contributed by atoms with Crippen LogP contribution in [0, 0.1) is 0 Å². The lowest BCUT2D eigenvalue weighted by molar-refractivity contribution is -0.335. The highest BCUT2D eigenvalue weighted by Crippen LogP contribution is 2.38. The molecule has 0 aliphatic carbocycles. The van der Waals surface area contributed by atoms with Gasteiger partial charge in [-0.2, -0.15) is 0 Å². The van der Waals surface area contributed by atoms with Crippen molar-refractivity contribution in [1.82, 2.24) is 0 Å². The molecule has 4 rings (SSSR count). The highest BCUT2D eigenvalue weighted by atomic mass is 19.1. The van der Waals surface area contributed by atoms with E-state index in [4.69, 9.17) is 23.7 Å². The van der Waals surface area contributed by atoms with Crippen molar-refractivity contribution in [3.8, 4) is 0 Å². The summed E-state index contributed by atoms with van der Waals surface area (Å²) in [6, 6.07) is 28.6. The Hall–Kier alpha value is -2.65. The third kappa shape index (κ3) is 6.56. The number of ether oxygens (including phenoxy) is 5. The van der Waals surface area contributed by atoms with Gasteiger partial charge < -0.3 is 28.8 Å². The predicted octanol–water partition coefficient (Wildman–Crippen LogP) is 4.45. The van der Waals surface area contributed by atoms with E-state index in [0.717, 1.165) is 16.7 Å². The molecule has 0 unspecified atom stereocenters. The van der Waals surface area contributed by atoms with Gasteiger partial charge in [-0.25, -0.2) is 4.39 Å². The number of alkyl halides is 1. The molecule has 0 saturated carbocycles. The lowest BCUT2D eigenvalue weighted by Crippen LogP contribution is -2.68. The van der Waals surface area contributed by atoms with E-state index in [0.29, 0.717) is 0 Å². The Morgan fingerprint density at radius 3 is 1.78 bits per heavy atom.